The van der Waals surface area contributed by atoms with Crippen LogP contribution in [0.5, 0.6) is 0 Å². The second kappa shape index (κ2) is 6.51. The summed E-state index contributed by atoms with van der Waals surface area (Å²) in [6.07, 6.45) is 1.32. The smallest absolute Gasteiger partial charge is 0.179 e. The van der Waals surface area contributed by atoms with E-state index in [0.29, 0.717) is 5.92 Å². The average molecular weight is 275 g/mol. The summed E-state index contributed by atoms with van der Waals surface area (Å²) in [6.45, 7) is 8.08. The van der Waals surface area contributed by atoms with E-state index in [0.717, 1.165) is 25.1 Å². The van der Waals surface area contributed by atoms with E-state index in [-0.39, 0.29) is 17.9 Å². The number of piperidine rings is 1. The fourth-order valence-corrected chi connectivity index (χ4v) is 2.84. The molecule has 1 aromatic rings. The molecule has 3 heteroatoms. The van der Waals surface area contributed by atoms with Gasteiger partial charge in [0.2, 0.25) is 0 Å². The van der Waals surface area contributed by atoms with Crippen molar-refractivity contribution in [3.05, 3.63) is 35.4 Å². The van der Waals surface area contributed by atoms with Crippen LogP contribution >= 0.6 is 0 Å². The van der Waals surface area contributed by atoms with Gasteiger partial charge in [-0.1, -0.05) is 36.8 Å². The summed E-state index contributed by atoms with van der Waals surface area (Å²) in [4.78, 5) is 14.8. The van der Waals surface area contributed by atoms with Crippen molar-refractivity contribution in [3.63, 3.8) is 0 Å². The number of hydrogen-bond acceptors (Lipinski definition) is 3. The van der Waals surface area contributed by atoms with Crippen molar-refractivity contribution in [3.8, 4) is 0 Å². The summed E-state index contributed by atoms with van der Waals surface area (Å²) in [6, 6.07) is 7.76. The molecule has 1 aromatic carbocycles. The minimum Gasteiger partial charge on any atom is -0.380 e. The van der Waals surface area contributed by atoms with Crippen molar-refractivity contribution in [1.29, 1.82) is 0 Å². The number of ether oxygens (including phenoxy) is 1. The van der Waals surface area contributed by atoms with Gasteiger partial charge >= 0.3 is 0 Å². The van der Waals surface area contributed by atoms with Gasteiger partial charge in [-0.05, 0) is 32.7 Å². The minimum atomic E-state index is -0.0807. The van der Waals surface area contributed by atoms with Gasteiger partial charge in [-0.2, -0.15) is 0 Å². The van der Waals surface area contributed by atoms with Crippen molar-refractivity contribution < 1.29 is 9.53 Å². The highest BCUT2D eigenvalue weighted by Crippen LogP contribution is 2.22. The Hall–Kier alpha value is -1.19. The Morgan fingerprint density at radius 2 is 2.00 bits per heavy atom. The summed E-state index contributed by atoms with van der Waals surface area (Å²) in [5.41, 5.74) is 1.98. The number of carbonyl (C=O) groups is 1. The molecule has 0 aliphatic carbocycles. The summed E-state index contributed by atoms with van der Waals surface area (Å²) in [5, 5.41) is 0. The summed E-state index contributed by atoms with van der Waals surface area (Å²) in [7, 11) is 1.76. The molecule has 1 saturated heterocycles. The van der Waals surface area contributed by atoms with Gasteiger partial charge in [-0.15, -0.1) is 0 Å². The highest BCUT2D eigenvalue weighted by atomic mass is 16.5. The van der Waals surface area contributed by atoms with E-state index in [9.17, 15) is 4.79 Å². The molecule has 0 saturated carbocycles. The third-order valence-corrected chi connectivity index (χ3v) is 4.49. The number of hydrogen-bond donors (Lipinski definition) is 0. The van der Waals surface area contributed by atoms with Crippen molar-refractivity contribution >= 4 is 5.78 Å². The number of aryl methyl sites for hydroxylation is 1. The van der Waals surface area contributed by atoms with Gasteiger partial charge in [0.1, 0.15) is 0 Å². The molecule has 1 aliphatic heterocycles. The molecule has 1 fully saturated rings. The molecule has 0 radical (unpaired) electrons. The molecule has 20 heavy (non-hydrogen) atoms. The van der Waals surface area contributed by atoms with E-state index in [1.165, 1.54) is 5.56 Å². The van der Waals surface area contributed by atoms with Gasteiger partial charge in [0.25, 0.3) is 0 Å². The lowest BCUT2D eigenvalue weighted by atomic mass is 9.93. The van der Waals surface area contributed by atoms with Crippen LogP contribution in [0.25, 0.3) is 0 Å². The molecule has 1 heterocycles. The number of carbonyl (C=O) groups excluding carboxylic acids is 1. The largest absolute Gasteiger partial charge is 0.380 e. The zero-order chi connectivity index (χ0) is 14.7. The maximum absolute atomic E-state index is 12.5. The van der Waals surface area contributed by atoms with E-state index in [1.54, 1.807) is 7.11 Å². The lowest BCUT2D eigenvalue weighted by Gasteiger charge is -2.38. The normalized spacial score (nSPS) is 25.4. The molecule has 3 atom stereocenters. The Bertz CT molecular complexity index is 455. The fraction of sp³-hybridized carbons (Fsp3) is 0.588. The lowest BCUT2D eigenvalue weighted by molar-refractivity contribution is -0.0139. The van der Waals surface area contributed by atoms with Crippen LogP contribution in [0.3, 0.4) is 0 Å². The SMILES string of the molecule is COC1CN(C(C)C(=O)c2ccc(C)cc2)CCC1C. The molecule has 2 rings (SSSR count). The minimum absolute atomic E-state index is 0.0807. The van der Waals surface area contributed by atoms with Crippen LogP contribution in [0.4, 0.5) is 0 Å². The Labute approximate surface area is 121 Å². The van der Waals surface area contributed by atoms with Crippen LogP contribution < -0.4 is 0 Å². The Kier molecular flexibility index (Phi) is 4.95. The number of benzene rings is 1. The van der Waals surface area contributed by atoms with Crippen molar-refractivity contribution in [2.45, 2.75) is 39.3 Å². The van der Waals surface area contributed by atoms with Crippen LogP contribution in [0.1, 0.15) is 36.2 Å². The third-order valence-electron chi connectivity index (χ3n) is 4.49. The third kappa shape index (κ3) is 3.28. The maximum atomic E-state index is 12.5. The summed E-state index contributed by atoms with van der Waals surface area (Å²) in [5.74, 6) is 0.771. The topological polar surface area (TPSA) is 29.5 Å². The highest BCUT2D eigenvalue weighted by molar-refractivity contribution is 5.99. The van der Waals surface area contributed by atoms with Crippen LogP contribution in [0.15, 0.2) is 24.3 Å². The Morgan fingerprint density at radius 3 is 2.60 bits per heavy atom. The standard InChI is InChI=1S/C17H25NO2/c1-12-5-7-15(8-6-12)17(19)14(3)18-10-9-13(2)16(11-18)20-4/h5-8,13-14,16H,9-11H2,1-4H3. The Balaban J connectivity index is 2.05. The first-order valence-corrected chi connectivity index (χ1v) is 7.40. The van der Waals surface area contributed by atoms with Crippen molar-refractivity contribution in [2.75, 3.05) is 20.2 Å². The first kappa shape index (κ1) is 15.2. The number of rotatable bonds is 4. The van der Waals surface area contributed by atoms with Gasteiger partial charge in [-0.25, -0.2) is 0 Å². The lowest BCUT2D eigenvalue weighted by Crippen LogP contribution is -2.50. The second-order valence-corrected chi connectivity index (χ2v) is 5.94. The van der Waals surface area contributed by atoms with Crippen molar-refractivity contribution in [2.24, 2.45) is 5.92 Å². The average Bonchev–Trinajstić information content (AvgIpc) is 2.47. The number of Topliss-reactive ketones (excluding diaryl/α,β-unsaturated/α-hetero) is 1. The first-order chi connectivity index (χ1) is 9.52. The van der Waals surface area contributed by atoms with Gasteiger partial charge in [0.05, 0.1) is 12.1 Å². The molecule has 1 aliphatic rings. The van der Waals surface area contributed by atoms with Crippen LogP contribution in [-0.4, -0.2) is 43.0 Å². The number of methoxy groups -OCH3 is 1. The molecule has 0 amide bonds. The zero-order valence-electron chi connectivity index (χ0n) is 12.9. The Morgan fingerprint density at radius 1 is 1.35 bits per heavy atom. The van der Waals surface area contributed by atoms with E-state index < -0.39 is 0 Å². The number of nitrogens with zero attached hydrogens (tertiary/aromatic N) is 1. The fourth-order valence-electron chi connectivity index (χ4n) is 2.84. The van der Waals surface area contributed by atoms with Crippen LogP contribution in [0.2, 0.25) is 0 Å². The molecule has 0 bridgehead atoms. The highest BCUT2D eigenvalue weighted by Gasteiger charge is 2.31. The van der Waals surface area contributed by atoms with Crippen LogP contribution in [-0.2, 0) is 4.74 Å². The van der Waals surface area contributed by atoms with Gasteiger partial charge < -0.3 is 4.74 Å². The predicted molar refractivity (Wildman–Crippen MR) is 81.1 cm³/mol. The van der Waals surface area contributed by atoms with Gasteiger partial charge in [0, 0.05) is 19.2 Å². The predicted octanol–water partition coefficient (Wildman–Crippen LogP) is 2.92. The summed E-state index contributed by atoms with van der Waals surface area (Å²) >= 11 is 0. The summed E-state index contributed by atoms with van der Waals surface area (Å²) < 4.78 is 5.53. The van der Waals surface area contributed by atoms with E-state index in [2.05, 4.69) is 11.8 Å². The molecule has 0 N–H and O–H groups in total. The first-order valence-electron chi connectivity index (χ1n) is 7.40. The van der Waals surface area contributed by atoms with E-state index >= 15 is 0 Å². The molecular weight excluding hydrogens is 250 g/mol. The monoisotopic (exact) mass is 275 g/mol. The molecule has 0 spiro atoms. The van der Waals surface area contributed by atoms with Gasteiger partial charge in [-0.3, -0.25) is 9.69 Å². The quantitative estimate of drug-likeness (QED) is 0.791. The van der Waals surface area contributed by atoms with Crippen molar-refractivity contribution in [1.82, 2.24) is 4.90 Å². The molecule has 3 nitrogen and oxygen atoms in total. The van der Waals surface area contributed by atoms with E-state index in [1.807, 2.05) is 38.1 Å². The second-order valence-electron chi connectivity index (χ2n) is 5.94. The van der Waals surface area contributed by atoms with Gasteiger partial charge in [0.15, 0.2) is 5.78 Å². The number of likely N-dealkylation sites (tertiary alicyclic amines) is 1. The molecule has 0 aromatic heterocycles. The van der Waals surface area contributed by atoms with Crippen LogP contribution in [0, 0.1) is 12.8 Å². The number of ketones is 1. The maximum Gasteiger partial charge on any atom is 0.179 e. The molecular formula is C17H25NO2. The zero-order valence-corrected chi connectivity index (χ0v) is 12.9. The molecule has 110 valence electrons. The van der Waals surface area contributed by atoms with E-state index in [4.69, 9.17) is 4.74 Å². The molecule has 3 unspecified atom stereocenters.